The molecule has 0 aliphatic carbocycles. The fourth-order valence-electron chi connectivity index (χ4n) is 1.96. The zero-order valence-corrected chi connectivity index (χ0v) is 10.6. The predicted molar refractivity (Wildman–Crippen MR) is 74.1 cm³/mol. The highest BCUT2D eigenvalue weighted by atomic mass is 16.2. The predicted octanol–water partition coefficient (Wildman–Crippen LogP) is 0.677. The summed E-state index contributed by atoms with van der Waals surface area (Å²) in [5.41, 5.74) is 7.14. The van der Waals surface area contributed by atoms with E-state index < -0.39 is 6.04 Å². The van der Waals surface area contributed by atoms with Crippen LogP contribution in [0.5, 0.6) is 0 Å². The second-order valence-corrected chi connectivity index (χ2v) is 4.50. The average Bonchev–Trinajstić information content (AvgIpc) is 2.39. The van der Waals surface area contributed by atoms with E-state index in [4.69, 9.17) is 5.73 Å². The molecule has 1 fully saturated rings. The number of piperidine rings is 1. The van der Waals surface area contributed by atoms with Gasteiger partial charge in [0, 0.05) is 18.3 Å². The summed E-state index contributed by atoms with van der Waals surface area (Å²) in [5.74, 6) is -0.388. The molecule has 1 saturated heterocycles. The minimum Gasteiger partial charge on any atom is -0.399 e. The maximum Gasteiger partial charge on any atom is 0.244 e. The van der Waals surface area contributed by atoms with Gasteiger partial charge in [0.2, 0.25) is 11.8 Å². The molecule has 1 heterocycles. The van der Waals surface area contributed by atoms with Gasteiger partial charge in [-0.2, -0.15) is 0 Å². The van der Waals surface area contributed by atoms with Crippen LogP contribution in [-0.2, 0) is 9.59 Å². The summed E-state index contributed by atoms with van der Waals surface area (Å²) in [6, 6.07) is 6.81. The maximum atomic E-state index is 11.7. The number of carbonyl (C=O) groups is 2. The Kier molecular flexibility index (Phi) is 4.18. The molecule has 2 rings (SSSR count). The number of nitrogens with two attached hydrogens (primary N) is 1. The molecule has 0 spiro atoms. The lowest BCUT2D eigenvalue weighted by atomic mass is 10.1. The van der Waals surface area contributed by atoms with Gasteiger partial charge < -0.3 is 16.4 Å². The summed E-state index contributed by atoms with van der Waals surface area (Å²) < 4.78 is 0. The van der Waals surface area contributed by atoms with Crippen LogP contribution in [0.4, 0.5) is 5.69 Å². The van der Waals surface area contributed by atoms with Gasteiger partial charge in [-0.1, -0.05) is 12.1 Å². The summed E-state index contributed by atoms with van der Waals surface area (Å²) in [6.45, 7) is 0.685. The molecule has 1 atom stereocenters. The molecule has 19 heavy (non-hydrogen) atoms. The Hall–Kier alpha value is -2.30. The first-order chi connectivity index (χ1) is 9.15. The molecule has 0 saturated carbocycles. The van der Waals surface area contributed by atoms with Crippen molar-refractivity contribution in [2.75, 3.05) is 12.3 Å². The molecule has 5 nitrogen and oxygen atoms in total. The Morgan fingerprint density at radius 1 is 1.47 bits per heavy atom. The molecule has 4 N–H and O–H groups in total. The van der Waals surface area contributed by atoms with E-state index in [9.17, 15) is 9.59 Å². The lowest BCUT2D eigenvalue weighted by Gasteiger charge is -2.22. The minimum absolute atomic E-state index is 0.114. The van der Waals surface area contributed by atoms with Crippen molar-refractivity contribution >= 4 is 23.6 Å². The van der Waals surface area contributed by atoms with Crippen LogP contribution in [0.15, 0.2) is 30.3 Å². The molecule has 1 aliphatic heterocycles. The van der Waals surface area contributed by atoms with Gasteiger partial charge in [0.1, 0.15) is 6.04 Å². The molecule has 1 aromatic carbocycles. The fraction of sp³-hybridized carbons (Fsp3) is 0.286. The smallest absolute Gasteiger partial charge is 0.244 e. The van der Waals surface area contributed by atoms with Crippen LogP contribution in [0.3, 0.4) is 0 Å². The Balaban J connectivity index is 1.92. The Labute approximate surface area is 111 Å². The number of hydrogen-bond donors (Lipinski definition) is 3. The normalized spacial score (nSPS) is 19.2. The van der Waals surface area contributed by atoms with Crippen molar-refractivity contribution in [3.8, 4) is 0 Å². The average molecular weight is 259 g/mol. The number of benzene rings is 1. The molecule has 1 aromatic rings. The SMILES string of the molecule is Nc1cccc(/C=C/C(=O)NC2CCCNC2=O)c1. The molecule has 100 valence electrons. The summed E-state index contributed by atoms with van der Waals surface area (Å²) in [4.78, 5) is 23.2. The van der Waals surface area contributed by atoms with Crippen LogP contribution in [0.25, 0.3) is 6.08 Å². The third kappa shape index (κ3) is 3.84. The first-order valence-corrected chi connectivity index (χ1v) is 6.27. The number of amides is 2. The fourth-order valence-corrected chi connectivity index (χ4v) is 1.96. The van der Waals surface area contributed by atoms with Crippen LogP contribution < -0.4 is 16.4 Å². The largest absolute Gasteiger partial charge is 0.399 e. The topological polar surface area (TPSA) is 84.2 Å². The van der Waals surface area contributed by atoms with Gasteiger partial charge in [-0.3, -0.25) is 9.59 Å². The second kappa shape index (κ2) is 6.04. The van der Waals surface area contributed by atoms with E-state index in [0.29, 0.717) is 18.7 Å². The third-order valence-corrected chi connectivity index (χ3v) is 2.94. The molecule has 1 unspecified atom stereocenters. The van der Waals surface area contributed by atoms with Crippen molar-refractivity contribution in [3.63, 3.8) is 0 Å². The maximum absolute atomic E-state index is 11.7. The molecule has 2 amide bonds. The van der Waals surface area contributed by atoms with E-state index in [-0.39, 0.29) is 11.8 Å². The van der Waals surface area contributed by atoms with Gasteiger partial charge in [0.15, 0.2) is 0 Å². The quantitative estimate of drug-likeness (QED) is 0.551. The van der Waals surface area contributed by atoms with E-state index in [1.165, 1.54) is 6.08 Å². The number of hydrogen-bond acceptors (Lipinski definition) is 3. The lowest BCUT2D eigenvalue weighted by molar-refractivity contribution is -0.128. The van der Waals surface area contributed by atoms with Crippen LogP contribution in [0, 0.1) is 0 Å². The van der Waals surface area contributed by atoms with E-state index in [1.54, 1.807) is 18.2 Å². The van der Waals surface area contributed by atoms with Crippen molar-refractivity contribution in [1.82, 2.24) is 10.6 Å². The summed E-state index contributed by atoms with van der Waals surface area (Å²) in [7, 11) is 0. The van der Waals surface area contributed by atoms with Gasteiger partial charge in [-0.15, -0.1) is 0 Å². The Morgan fingerprint density at radius 3 is 3.05 bits per heavy atom. The molecule has 0 aromatic heterocycles. The summed E-state index contributed by atoms with van der Waals surface area (Å²) in [6.07, 6.45) is 4.66. The van der Waals surface area contributed by atoms with Crippen molar-refractivity contribution in [1.29, 1.82) is 0 Å². The Bertz CT molecular complexity index is 511. The lowest BCUT2D eigenvalue weighted by Crippen LogP contribution is -2.49. The summed E-state index contributed by atoms with van der Waals surface area (Å²) in [5, 5.41) is 5.41. The highest BCUT2D eigenvalue weighted by molar-refractivity contribution is 5.95. The zero-order valence-electron chi connectivity index (χ0n) is 10.6. The highest BCUT2D eigenvalue weighted by Gasteiger charge is 2.22. The second-order valence-electron chi connectivity index (χ2n) is 4.50. The molecule has 0 bridgehead atoms. The van der Waals surface area contributed by atoms with E-state index >= 15 is 0 Å². The number of nitrogen functional groups attached to an aromatic ring is 1. The van der Waals surface area contributed by atoms with Crippen LogP contribution in [0.2, 0.25) is 0 Å². The number of anilines is 1. The molecule has 0 radical (unpaired) electrons. The monoisotopic (exact) mass is 259 g/mol. The third-order valence-electron chi connectivity index (χ3n) is 2.94. The van der Waals surface area contributed by atoms with E-state index in [1.807, 2.05) is 12.1 Å². The Morgan fingerprint density at radius 2 is 2.32 bits per heavy atom. The van der Waals surface area contributed by atoms with Crippen molar-refractivity contribution < 1.29 is 9.59 Å². The molecular formula is C14H17N3O2. The van der Waals surface area contributed by atoms with Crippen LogP contribution in [-0.4, -0.2) is 24.4 Å². The van der Waals surface area contributed by atoms with Crippen LogP contribution >= 0.6 is 0 Å². The van der Waals surface area contributed by atoms with Gasteiger partial charge in [0.25, 0.3) is 0 Å². The highest BCUT2D eigenvalue weighted by Crippen LogP contribution is 2.08. The minimum atomic E-state index is -0.424. The van der Waals surface area contributed by atoms with Gasteiger partial charge in [-0.05, 0) is 36.6 Å². The first-order valence-electron chi connectivity index (χ1n) is 6.27. The van der Waals surface area contributed by atoms with Gasteiger partial charge >= 0.3 is 0 Å². The van der Waals surface area contributed by atoms with Crippen molar-refractivity contribution in [2.45, 2.75) is 18.9 Å². The first kappa shape index (κ1) is 13.1. The van der Waals surface area contributed by atoms with Crippen molar-refractivity contribution in [2.24, 2.45) is 0 Å². The zero-order chi connectivity index (χ0) is 13.7. The van der Waals surface area contributed by atoms with Gasteiger partial charge in [0.05, 0.1) is 0 Å². The standard InChI is InChI=1S/C14H17N3O2/c15-11-4-1-3-10(9-11)6-7-13(18)17-12-5-2-8-16-14(12)19/h1,3-4,6-7,9,12H,2,5,8,15H2,(H,16,19)(H,17,18)/b7-6+. The number of nitrogens with one attached hydrogen (secondary N) is 2. The van der Waals surface area contributed by atoms with E-state index in [2.05, 4.69) is 10.6 Å². The van der Waals surface area contributed by atoms with Crippen molar-refractivity contribution in [3.05, 3.63) is 35.9 Å². The molecule has 5 heteroatoms. The number of carbonyl (C=O) groups excluding carboxylic acids is 2. The van der Waals surface area contributed by atoms with E-state index in [0.717, 1.165) is 12.0 Å². The molecular weight excluding hydrogens is 242 g/mol. The molecule has 1 aliphatic rings. The number of rotatable bonds is 3. The summed E-state index contributed by atoms with van der Waals surface area (Å²) >= 11 is 0. The van der Waals surface area contributed by atoms with Gasteiger partial charge in [-0.25, -0.2) is 0 Å². The van der Waals surface area contributed by atoms with Crippen LogP contribution in [0.1, 0.15) is 18.4 Å².